The van der Waals surface area contributed by atoms with Crippen LogP contribution >= 0.6 is 0 Å². The van der Waals surface area contributed by atoms with Crippen LogP contribution in [-0.2, 0) is 0 Å². The molecular formula is C21H22N4O. The molecule has 3 heterocycles. The molecule has 26 heavy (non-hydrogen) atoms. The molecule has 3 aromatic rings. The Bertz CT molecular complexity index is 947. The van der Waals surface area contributed by atoms with Gasteiger partial charge < -0.3 is 9.80 Å². The number of amides is 1. The van der Waals surface area contributed by atoms with Gasteiger partial charge in [0.15, 0.2) is 0 Å². The lowest BCUT2D eigenvalue weighted by Crippen LogP contribution is -2.49. The van der Waals surface area contributed by atoms with Gasteiger partial charge in [0.25, 0.3) is 5.91 Å². The molecule has 0 N–H and O–H groups in total. The zero-order chi connectivity index (χ0) is 18.1. The molecule has 0 unspecified atom stereocenters. The number of carbonyl (C=O) groups is 1. The SMILES string of the molecule is Cc1ccc2nc(C)cc(C(=O)N3CCN(c4ccccn4)CC3)c2c1. The first-order chi connectivity index (χ1) is 12.6. The van der Waals surface area contributed by atoms with Crippen molar-refractivity contribution in [2.45, 2.75) is 13.8 Å². The maximum Gasteiger partial charge on any atom is 0.254 e. The maximum absolute atomic E-state index is 13.2. The summed E-state index contributed by atoms with van der Waals surface area (Å²) in [5.74, 6) is 1.06. The molecule has 5 nitrogen and oxygen atoms in total. The van der Waals surface area contributed by atoms with Gasteiger partial charge in [-0.2, -0.15) is 0 Å². The summed E-state index contributed by atoms with van der Waals surface area (Å²) in [7, 11) is 0. The summed E-state index contributed by atoms with van der Waals surface area (Å²) in [6, 6.07) is 13.9. The van der Waals surface area contributed by atoms with Crippen molar-refractivity contribution in [2.75, 3.05) is 31.1 Å². The van der Waals surface area contributed by atoms with Crippen molar-refractivity contribution < 1.29 is 4.79 Å². The molecule has 0 saturated carbocycles. The standard InChI is InChI=1S/C21H22N4O/c1-15-6-7-19-17(13-15)18(14-16(2)23-19)21(26)25-11-9-24(10-12-25)20-5-3-4-8-22-20/h3-8,13-14H,9-12H2,1-2H3. The van der Waals surface area contributed by atoms with Gasteiger partial charge in [-0.05, 0) is 44.2 Å². The van der Waals surface area contributed by atoms with Gasteiger partial charge in [0.1, 0.15) is 5.82 Å². The van der Waals surface area contributed by atoms with E-state index in [0.29, 0.717) is 13.1 Å². The molecule has 1 aliphatic rings. The van der Waals surface area contributed by atoms with E-state index >= 15 is 0 Å². The lowest BCUT2D eigenvalue weighted by Gasteiger charge is -2.35. The van der Waals surface area contributed by atoms with Gasteiger partial charge in [-0.25, -0.2) is 4.98 Å². The van der Waals surface area contributed by atoms with Gasteiger partial charge in [-0.15, -0.1) is 0 Å². The number of pyridine rings is 2. The van der Waals surface area contributed by atoms with Crippen molar-refractivity contribution >= 4 is 22.6 Å². The average molecular weight is 346 g/mol. The number of nitrogens with zero attached hydrogens (tertiary/aromatic N) is 4. The highest BCUT2D eigenvalue weighted by Crippen LogP contribution is 2.22. The van der Waals surface area contributed by atoms with Crippen molar-refractivity contribution in [3.8, 4) is 0 Å². The van der Waals surface area contributed by atoms with Gasteiger partial charge in [-0.3, -0.25) is 9.78 Å². The van der Waals surface area contributed by atoms with E-state index in [2.05, 4.69) is 20.9 Å². The summed E-state index contributed by atoms with van der Waals surface area (Å²) < 4.78 is 0. The molecule has 1 aromatic carbocycles. The summed E-state index contributed by atoms with van der Waals surface area (Å²) in [5, 5.41) is 0.938. The number of piperazine rings is 1. The number of aryl methyl sites for hydroxylation is 2. The van der Waals surface area contributed by atoms with Crippen LogP contribution in [0.4, 0.5) is 5.82 Å². The molecule has 5 heteroatoms. The molecule has 2 aromatic heterocycles. The molecule has 0 spiro atoms. The van der Waals surface area contributed by atoms with Gasteiger partial charge >= 0.3 is 0 Å². The van der Waals surface area contributed by atoms with Crippen LogP contribution in [0, 0.1) is 13.8 Å². The van der Waals surface area contributed by atoms with E-state index in [1.54, 1.807) is 6.20 Å². The van der Waals surface area contributed by atoms with Crippen LogP contribution in [0.2, 0.25) is 0 Å². The number of aromatic nitrogens is 2. The summed E-state index contributed by atoms with van der Waals surface area (Å²) in [6.45, 7) is 6.97. The highest BCUT2D eigenvalue weighted by Gasteiger charge is 2.24. The average Bonchev–Trinajstić information content (AvgIpc) is 2.68. The van der Waals surface area contributed by atoms with E-state index in [-0.39, 0.29) is 5.91 Å². The molecule has 1 amide bonds. The van der Waals surface area contributed by atoms with Crippen LogP contribution in [0.1, 0.15) is 21.6 Å². The van der Waals surface area contributed by atoms with Crippen LogP contribution in [0.3, 0.4) is 0 Å². The highest BCUT2D eigenvalue weighted by molar-refractivity contribution is 6.06. The zero-order valence-electron chi connectivity index (χ0n) is 15.1. The molecule has 1 fully saturated rings. The molecule has 1 saturated heterocycles. The van der Waals surface area contributed by atoms with Crippen molar-refractivity contribution in [3.63, 3.8) is 0 Å². The summed E-state index contributed by atoms with van der Waals surface area (Å²) in [6.07, 6.45) is 1.81. The smallest absolute Gasteiger partial charge is 0.254 e. The monoisotopic (exact) mass is 346 g/mol. The minimum Gasteiger partial charge on any atom is -0.353 e. The number of carbonyl (C=O) groups excluding carboxylic acids is 1. The minimum absolute atomic E-state index is 0.0896. The fraction of sp³-hybridized carbons (Fsp3) is 0.286. The van der Waals surface area contributed by atoms with Crippen molar-refractivity contribution in [3.05, 3.63) is 65.5 Å². The van der Waals surface area contributed by atoms with Crippen molar-refractivity contribution in [2.24, 2.45) is 0 Å². The molecule has 1 aliphatic heterocycles. The van der Waals surface area contributed by atoms with Crippen LogP contribution < -0.4 is 4.90 Å². The Balaban J connectivity index is 1.57. The fourth-order valence-electron chi connectivity index (χ4n) is 3.50. The Labute approximate surface area is 153 Å². The second-order valence-corrected chi connectivity index (χ2v) is 6.80. The maximum atomic E-state index is 13.2. The Morgan fingerprint density at radius 1 is 1.00 bits per heavy atom. The van der Waals surface area contributed by atoms with Gasteiger partial charge in [0.05, 0.1) is 11.1 Å². The number of hydrogen-bond acceptors (Lipinski definition) is 4. The topological polar surface area (TPSA) is 49.3 Å². The number of hydrogen-bond donors (Lipinski definition) is 0. The number of fused-ring (bicyclic) bond motifs is 1. The van der Waals surface area contributed by atoms with Crippen molar-refractivity contribution in [1.82, 2.24) is 14.9 Å². The molecule has 0 atom stereocenters. The number of rotatable bonds is 2. The Hall–Kier alpha value is -2.95. The predicted molar refractivity (Wildman–Crippen MR) is 104 cm³/mol. The van der Waals surface area contributed by atoms with E-state index in [0.717, 1.165) is 46.6 Å². The van der Waals surface area contributed by atoms with Gasteiger partial charge in [-0.1, -0.05) is 17.7 Å². The fourth-order valence-corrected chi connectivity index (χ4v) is 3.50. The Morgan fingerprint density at radius 2 is 1.81 bits per heavy atom. The quantitative estimate of drug-likeness (QED) is 0.715. The van der Waals surface area contributed by atoms with Gasteiger partial charge in [0.2, 0.25) is 0 Å². The van der Waals surface area contributed by atoms with E-state index < -0.39 is 0 Å². The highest BCUT2D eigenvalue weighted by atomic mass is 16.2. The molecular weight excluding hydrogens is 324 g/mol. The number of benzene rings is 1. The van der Waals surface area contributed by atoms with Crippen LogP contribution in [-0.4, -0.2) is 47.0 Å². The van der Waals surface area contributed by atoms with Gasteiger partial charge in [0, 0.05) is 43.5 Å². The lowest BCUT2D eigenvalue weighted by molar-refractivity contribution is 0.0748. The molecule has 0 radical (unpaired) electrons. The Morgan fingerprint density at radius 3 is 2.54 bits per heavy atom. The third kappa shape index (κ3) is 3.12. The largest absolute Gasteiger partial charge is 0.353 e. The van der Waals surface area contributed by atoms with E-state index in [1.165, 1.54) is 0 Å². The van der Waals surface area contributed by atoms with E-state index in [9.17, 15) is 4.79 Å². The third-order valence-corrected chi connectivity index (χ3v) is 4.86. The zero-order valence-corrected chi connectivity index (χ0v) is 15.1. The first kappa shape index (κ1) is 16.5. The summed E-state index contributed by atoms with van der Waals surface area (Å²) in [4.78, 5) is 26.3. The number of anilines is 1. The second-order valence-electron chi connectivity index (χ2n) is 6.80. The third-order valence-electron chi connectivity index (χ3n) is 4.86. The van der Waals surface area contributed by atoms with Crippen LogP contribution in [0.25, 0.3) is 10.9 Å². The van der Waals surface area contributed by atoms with Crippen LogP contribution in [0.15, 0.2) is 48.7 Å². The first-order valence-corrected chi connectivity index (χ1v) is 8.95. The van der Waals surface area contributed by atoms with E-state index in [4.69, 9.17) is 0 Å². The summed E-state index contributed by atoms with van der Waals surface area (Å²) >= 11 is 0. The van der Waals surface area contributed by atoms with Crippen LogP contribution in [0.5, 0.6) is 0 Å². The minimum atomic E-state index is 0.0896. The predicted octanol–water partition coefficient (Wildman–Crippen LogP) is 3.21. The molecule has 132 valence electrons. The molecule has 0 aliphatic carbocycles. The molecule has 0 bridgehead atoms. The molecule has 4 rings (SSSR count). The normalized spacial score (nSPS) is 14.7. The van der Waals surface area contributed by atoms with Crippen molar-refractivity contribution in [1.29, 1.82) is 0 Å². The second kappa shape index (κ2) is 6.75. The Kier molecular flexibility index (Phi) is 4.29. The summed E-state index contributed by atoms with van der Waals surface area (Å²) in [5.41, 5.74) is 3.64. The van der Waals surface area contributed by atoms with E-state index in [1.807, 2.05) is 55.1 Å². The lowest BCUT2D eigenvalue weighted by atomic mass is 10.0. The first-order valence-electron chi connectivity index (χ1n) is 8.95.